The third kappa shape index (κ3) is 4.20. The van der Waals surface area contributed by atoms with Crippen LogP contribution in [0.15, 0.2) is 34.9 Å². The van der Waals surface area contributed by atoms with Crippen molar-refractivity contribution in [3.63, 3.8) is 0 Å². The molecule has 2 atom stereocenters. The number of benzene rings is 1. The van der Waals surface area contributed by atoms with Crippen LogP contribution in [-0.4, -0.2) is 66.4 Å². The second-order valence-electron chi connectivity index (χ2n) is 6.48. The zero-order valence-corrected chi connectivity index (χ0v) is 14.7. The third-order valence-electron chi connectivity index (χ3n) is 4.66. The SMILES string of the molecule is COC(Cc1ccccc1)CN1CCN(C)C(c2nc(C)no2)C1. The number of aryl methyl sites for hydroxylation is 1. The molecule has 0 bridgehead atoms. The van der Waals surface area contributed by atoms with E-state index in [9.17, 15) is 0 Å². The fourth-order valence-corrected chi connectivity index (χ4v) is 3.20. The average molecular weight is 330 g/mol. The Balaban J connectivity index is 1.61. The number of likely N-dealkylation sites (N-methyl/N-ethyl adjacent to an activating group) is 1. The minimum Gasteiger partial charge on any atom is -0.380 e. The number of nitrogens with zero attached hydrogens (tertiary/aromatic N) is 4. The van der Waals surface area contributed by atoms with Crippen LogP contribution < -0.4 is 0 Å². The molecule has 0 amide bonds. The number of rotatable bonds is 6. The van der Waals surface area contributed by atoms with E-state index >= 15 is 0 Å². The van der Waals surface area contributed by atoms with Crippen molar-refractivity contribution in [2.24, 2.45) is 0 Å². The smallest absolute Gasteiger partial charge is 0.245 e. The topological polar surface area (TPSA) is 54.6 Å². The minimum absolute atomic E-state index is 0.147. The molecule has 130 valence electrons. The molecule has 1 saturated heterocycles. The highest BCUT2D eigenvalue weighted by Gasteiger charge is 2.30. The van der Waals surface area contributed by atoms with Gasteiger partial charge in [0.05, 0.1) is 6.10 Å². The van der Waals surface area contributed by atoms with E-state index in [1.54, 1.807) is 7.11 Å². The molecule has 1 aromatic heterocycles. The minimum atomic E-state index is 0.147. The number of hydrogen-bond acceptors (Lipinski definition) is 6. The largest absolute Gasteiger partial charge is 0.380 e. The molecular formula is C18H26N4O2. The first kappa shape index (κ1) is 17.1. The van der Waals surface area contributed by atoms with Gasteiger partial charge in [0.1, 0.15) is 6.04 Å². The van der Waals surface area contributed by atoms with E-state index < -0.39 is 0 Å². The van der Waals surface area contributed by atoms with Gasteiger partial charge in [-0.2, -0.15) is 4.98 Å². The molecule has 1 aliphatic heterocycles. The lowest BCUT2D eigenvalue weighted by Gasteiger charge is -2.38. The van der Waals surface area contributed by atoms with Gasteiger partial charge in [-0.15, -0.1) is 0 Å². The summed E-state index contributed by atoms with van der Waals surface area (Å²) < 4.78 is 11.1. The molecule has 2 aromatic rings. The van der Waals surface area contributed by atoms with Crippen molar-refractivity contribution in [1.82, 2.24) is 19.9 Å². The Labute approximate surface area is 143 Å². The van der Waals surface area contributed by atoms with Gasteiger partial charge in [0.15, 0.2) is 5.82 Å². The molecule has 0 radical (unpaired) electrons. The molecule has 1 fully saturated rings. The van der Waals surface area contributed by atoms with E-state index in [2.05, 4.69) is 51.3 Å². The molecule has 0 N–H and O–H groups in total. The molecule has 2 unspecified atom stereocenters. The van der Waals surface area contributed by atoms with Crippen LogP contribution in [0.3, 0.4) is 0 Å². The number of piperazine rings is 1. The van der Waals surface area contributed by atoms with E-state index in [0.29, 0.717) is 11.7 Å². The summed E-state index contributed by atoms with van der Waals surface area (Å²) in [5.41, 5.74) is 1.31. The Kier molecular flexibility index (Phi) is 5.60. The maximum absolute atomic E-state index is 5.72. The summed E-state index contributed by atoms with van der Waals surface area (Å²) in [6, 6.07) is 10.6. The molecule has 1 aliphatic rings. The molecule has 1 aromatic carbocycles. The molecule has 6 heteroatoms. The molecule has 6 nitrogen and oxygen atoms in total. The lowest BCUT2D eigenvalue weighted by atomic mass is 10.1. The molecule has 24 heavy (non-hydrogen) atoms. The van der Waals surface area contributed by atoms with Gasteiger partial charge in [0.25, 0.3) is 0 Å². The normalized spacial score (nSPS) is 21.0. The van der Waals surface area contributed by atoms with Crippen molar-refractivity contribution in [1.29, 1.82) is 0 Å². The first-order chi connectivity index (χ1) is 11.7. The van der Waals surface area contributed by atoms with E-state index in [4.69, 9.17) is 9.26 Å². The van der Waals surface area contributed by atoms with Gasteiger partial charge in [0, 0.05) is 33.3 Å². The highest BCUT2D eigenvalue weighted by atomic mass is 16.5. The molecule has 2 heterocycles. The van der Waals surface area contributed by atoms with E-state index in [1.165, 1.54) is 5.56 Å². The molecule has 0 saturated carbocycles. The Morgan fingerprint density at radius 1 is 1.29 bits per heavy atom. The molecule has 0 aliphatic carbocycles. The standard InChI is InChI=1S/C18H26N4O2/c1-14-19-18(24-20-14)17-13-22(10-9-21(17)2)12-16(23-3)11-15-7-5-4-6-8-15/h4-8,16-17H,9-13H2,1-3H3. The quantitative estimate of drug-likeness (QED) is 0.807. The maximum Gasteiger partial charge on any atom is 0.245 e. The second-order valence-corrected chi connectivity index (χ2v) is 6.48. The first-order valence-electron chi connectivity index (χ1n) is 8.45. The van der Waals surface area contributed by atoms with Gasteiger partial charge in [-0.3, -0.25) is 9.80 Å². The highest BCUT2D eigenvalue weighted by molar-refractivity contribution is 5.15. The van der Waals surface area contributed by atoms with Crippen LogP contribution in [0, 0.1) is 6.92 Å². The van der Waals surface area contributed by atoms with Crippen molar-refractivity contribution in [3.8, 4) is 0 Å². The molecular weight excluding hydrogens is 304 g/mol. The first-order valence-corrected chi connectivity index (χ1v) is 8.45. The van der Waals surface area contributed by atoms with Crippen molar-refractivity contribution in [3.05, 3.63) is 47.6 Å². The van der Waals surface area contributed by atoms with Gasteiger partial charge < -0.3 is 9.26 Å². The van der Waals surface area contributed by atoms with Gasteiger partial charge >= 0.3 is 0 Å². The Bertz CT molecular complexity index is 631. The number of aromatic nitrogens is 2. The van der Waals surface area contributed by atoms with Crippen LogP contribution >= 0.6 is 0 Å². The summed E-state index contributed by atoms with van der Waals surface area (Å²) in [6.45, 7) is 5.65. The second kappa shape index (κ2) is 7.88. The Morgan fingerprint density at radius 3 is 2.75 bits per heavy atom. The zero-order valence-electron chi connectivity index (χ0n) is 14.7. The number of hydrogen-bond donors (Lipinski definition) is 0. The van der Waals surface area contributed by atoms with Crippen LogP contribution in [0.5, 0.6) is 0 Å². The predicted molar refractivity (Wildman–Crippen MR) is 91.8 cm³/mol. The molecule has 0 spiro atoms. The lowest BCUT2D eigenvalue weighted by molar-refractivity contribution is 0.0221. The summed E-state index contributed by atoms with van der Waals surface area (Å²) >= 11 is 0. The summed E-state index contributed by atoms with van der Waals surface area (Å²) in [7, 11) is 3.90. The number of ether oxygens (including phenoxy) is 1. The van der Waals surface area contributed by atoms with Crippen LogP contribution in [0.1, 0.15) is 23.3 Å². The Hall–Kier alpha value is -1.76. The fraction of sp³-hybridized carbons (Fsp3) is 0.556. The lowest BCUT2D eigenvalue weighted by Crippen LogP contribution is -2.49. The van der Waals surface area contributed by atoms with Crippen molar-refractivity contribution >= 4 is 0 Å². The monoisotopic (exact) mass is 330 g/mol. The summed E-state index contributed by atoms with van der Waals surface area (Å²) in [6.07, 6.45) is 1.11. The van der Waals surface area contributed by atoms with Gasteiger partial charge in [0.2, 0.25) is 5.89 Å². The van der Waals surface area contributed by atoms with E-state index in [1.807, 2.05) is 13.0 Å². The summed E-state index contributed by atoms with van der Waals surface area (Å²) in [5.74, 6) is 1.39. The van der Waals surface area contributed by atoms with E-state index in [0.717, 1.165) is 32.6 Å². The Morgan fingerprint density at radius 2 is 2.08 bits per heavy atom. The van der Waals surface area contributed by atoms with Crippen molar-refractivity contribution in [2.75, 3.05) is 40.3 Å². The molecule has 3 rings (SSSR count). The number of methoxy groups -OCH3 is 1. The van der Waals surface area contributed by atoms with Crippen LogP contribution in [0.4, 0.5) is 0 Å². The van der Waals surface area contributed by atoms with E-state index in [-0.39, 0.29) is 12.1 Å². The highest BCUT2D eigenvalue weighted by Crippen LogP contribution is 2.23. The summed E-state index contributed by atoms with van der Waals surface area (Å²) in [4.78, 5) is 9.12. The van der Waals surface area contributed by atoms with Crippen molar-refractivity contribution in [2.45, 2.75) is 25.5 Å². The fourth-order valence-electron chi connectivity index (χ4n) is 3.20. The van der Waals surface area contributed by atoms with Crippen molar-refractivity contribution < 1.29 is 9.26 Å². The van der Waals surface area contributed by atoms with Crippen LogP contribution in [-0.2, 0) is 11.2 Å². The summed E-state index contributed by atoms with van der Waals surface area (Å²) in [5, 5.41) is 3.93. The van der Waals surface area contributed by atoms with Gasteiger partial charge in [-0.05, 0) is 26.0 Å². The van der Waals surface area contributed by atoms with Crippen LogP contribution in [0.2, 0.25) is 0 Å². The maximum atomic E-state index is 5.72. The van der Waals surface area contributed by atoms with Gasteiger partial charge in [-0.25, -0.2) is 0 Å². The zero-order chi connectivity index (χ0) is 16.9. The van der Waals surface area contributed by atoms with Crippen LogP contribution in [0.25, 0.3) is 0 Å². The third-order valence-corrected chi connectivity index (χ3v) is 4.66. The predicted octanol–water partition coefficient (Wildman–Crippen LogP) is 1.92. The average Bonchev–Trinajstić information content (AvgIpc) is 3.03. The van der Waals surface area contributed by atoms with Gasteiger partial charge in [-0.1, -0.05) is 35.5 Å².